The van der Waals surface area contributed by atoms with Gasteiger partial charge in [0.25, 0.3) is 0 Å². The summed E-state index contributed by atoms with van der Waals surface area (Å²) in [6.45, 7) is 2.41. The molecule has 0 bridgehead atoms. The Bertz CT molecular complexity index is 3640. The second kappa shape index (κ2) is 15.8. The van der Waals surface area contributed by atoms with E-state index in [1.165, 1.54) is 94.2 Å². The Morgan fingerprint density at radius 2 is 0.838 bits per heavy atom. The third-order valence-electron chi connectivity index (χ3n) is 15.0. The molecule has 2 aliphatic carbocycles. The smallest absolute Gasteiger partial charge is 0.0714 e. The van der Waals surface area contributed by atoms with Gasteiger partial charge < -0.3 is 4.90 Å². The van der Waals surface area contributed by atoms with Crippen molar-refractivity contribution in [3.63, 3.8) is 0 Å². The van der Waals surface area contributed by atoms with Crippen molar-refractivity contribution in [1.82, 2.24) is 0 Å². The summed E-state index contributed by atoms with van der Waals surface area (Å²) in [5.74, 6) is 0. The zero-order chi connectivity index (χ0) is 45.2. The van der Waals surface area contributed by atoms with Crippen LogP contribution in [0.3, 0.4) is 0 Å². The minimum absolute atomic E-state index is 0.344. The van der Waals surface area contributed by atoms with E-state index in [-0.39, 0.29) is 5.41 Å². The van der Waals surface area contributed by atoms with Crippen molar-refractivity contribution >= 4 is 27.8 Å². The molecule has 11 aromatic carbocycles. The van der Waals surface area contributed by atoms with Crippen LogP contribution in [0.15, 0.2) is 267 Å². The SMILES string of the molecule is CC1(c2ccccc2)c2ccccc2-c2c(N(c3ccc(-c4cccc(-c5cccc6ccccc56)c4)cc3)c3ccc4c(c3)C(c3ccccc3)(c3ccccc3)c3ccccc3-4)cccc21. The Labute approximate surface area is 398 Å². The molecule has 0 N–H and O–H groups in total. The van der Waals surface area contributed by atoms with E-state index in [0.29, 0.717) is 0 Å². The van der Waals surface area contributed by atoms with E-state index in [9.17, 15) is 0 Å². The van der Waals surface area contributed by atoms with E-state index in [2.05, 4.69) is 279 Å². The summed E-state index contributed by atoms with van der Waals surface area (Å²) in [4.78, 5) is 2.52. The van der Waals surface area contributed by atoms with E-state index in [1.807, 2.05) is 0 Å². The quantitative estimate of drug-likeness (QED) is 0.147. The summed E-state index contributed by atoms with van der Waals surface area (Å²) in [6.07, 6.45) is 0. The maximum atomic E-state index is 2.52. The predicted molar refractivity (Wildman–Crippen MR) is 284 cm³/mol. The largest absolute Gasteiger partial charge is 0.310 e. The summed E-state index contributed by atoms with van der Waals surface area (Å²) in [6, 6.07) is 99.0. The van der Waals surface area contributed by atoms with E-state index in [0.717, 1.165) is 17.1 Å². The fourth-order valence-electron chi connectivity index (χ4n) is 11.9. The van der Waals surface area contributed by atoms with Gasteiger partial charge in [0.15, 0.2) is 0 Å². The van der Waals surface area contributed by atoms with Crippen LogP contribution >= 0.6 is 0 Å². The van der Waals surface area contributed by atoms with Gasteiger partial charge in [-0.25, -0.2) is 0 Å². The molecule has 0 spiro atoms. The molecule has 0 saturated heterocycles. The molecule has 1 heteroatoms. The number of benzene rings is 11. The summed E-state index contributed by atoms with van der Waals surface area (Å²) in [5.41, 5.74) is 21.4. The predicted octanol–water partition coefficient (Wildman–Crippen LogP) is 17.3. The Hall–Kier alpha value is -8.52. The highest BCUT2D eigenvalue weighted by atomic mass is 15.1. The molecule has 1 nitrogen and oxygen atoms in total. The Morgan fingerprint density at radius 1 is 0.309 bits per heavy atom. The molecule has 0 radical (unpaired) electrons. The molecule has 68 heavy (non-hydrogen) atoms. The first-order valence-corrected chi connectivity index (χ1v) is 23.8. The number of hydrogen-bond acceptors (Lipinski definition) is 1. The Kier molecular flexibility index (Phi) is 9.27. The highest BCUT2D eigenvalue weighted by Crippen LogP contribution is 2.59. The summed E-state index contributed by atoms with van der Waals surface area (Å²) >= 11 is 0. The molecule has 1 atom stereocenters. The number of rotatable bonds is 8. The fourth-order valence-corrected chi connectivity index (χ4v) is 11.9. The summed E-state index contributed by atoms with van der Waals surface area (Å²) in [5, 5.41) is 2.51. The lowest BCUT2D eigenvalue weighted by atomic mass is 9.67. The van der Waals surface area contributed by atoms with Crippen LogP contribution < -0.4 is 4.90 Å². The van der Waals surface area contributed by atoms with Gasteiger partial charge in [-0.3, -0.25) is 0 Å². The van der Waals surface area contributed by atoms with Crippen molar-refractivity contribution in [2.75, 3.05) is 4.90 Å². The normalized spacial score (nSPS) is 15.0. The molecular weight excluding hydrogens is 819 g/mol. The third kappa shape index (κ3) is 5.95. The maximum Gasteiger partial charge on any atom is 0.0714 e. The van der Waals surface area contributed by atoms with Crippen molar-refractivity contribution < 1.29 is 0 Å². The molecule has 0 fully saturated rings. The molecule has 13 rings (SSSR count). The first-order valence-electron chi connectivity index (χ1n) is 23.8. The van der Waals surface area contributed by atoms with Crippen LogP contribution in [0.25, 0.3) is 55.3 Å². The zero-order valence-electron chi connectivity index (χ0n) is 37.9. The minimum Gasteiger partial charge on any atom is -0.310 e. The van der Waals surface area contributed by atoms with Crippen molar-refractivity contribution in [3.05, 3.63) is 306 Å². The molecule has 1 unspecified atom stereocenters. The molecule has 0 heterocycles. The van der Waals surface area contributed by atoms with Crippen LogP contribution in [0.4, 0.5) is 17.1 Å². The molecular formula is C67H47N. The van der Waals surface area contributed by atoms with E-state index in [1.54, 1.807) is 0 Å². The van der Waals surface area contributed by atoms with Crippen LogP contribution in [0.1, 0.15) is 45.9 Å². The fraction of sp³-hybridized carbons (Fsp3) is 0.0448. The van der Waals surface area contributed by atoms with Gasteiger partial charge in [0.2, 0.25) is 0 Å². The Balaban J connectivity index is 1.03. The number of nitrogens with zero attached hydrogens (tertiary/aromatic N) is 1. The minimum atomic E-state index is -0.536. The molecule has 11 aromatic rings. The van der Waals surface area contributed by atoms with Crippen LogP contribution in [0, 0.1) is 0 Å². The number of fused-ring (bicyclic) bond motifs is 7. The first kappa shape index (κ1) is 39.8. The van der Waals surface area contributed by atoms with Crippen LogP contribution in [0.2, 0.25) is 0 Å². The highest BCUT2D eigenvalue weighted by Gasteiger charge is 2.47. The average molecular weight is 866 g/mol. The van der Waals surface area contributed by atoms with Gasteiger partial charge >= 0.3 is 0 Å². The summed E-state index contributed by atoms with van der Waals surface area (Å²) < 4.78 is 0. The van der Waals surface area contributed by atoms with Crippen molar-refractivity contribution in [1.29, 1.82) is 0 Å². The lowest BCUT2D eigenvalue weighted by molar-refractivity contribution is 0.714. The first-order chi connectivity index (χ1) is 33.6. The average Bonchev–Trinajstić information content (AvgIpc) is 3.87. The second-order valence-electron chi connectivity index (χ2n) is 18.5. The van der Waals surface area contributed by atoms with Gasteiger partial charge in [-0.2, -0.15) is 0 Å². The Morgan fingerprint density at radius 3 is 1.59 bits per heavy atom. The standard InChI is InChI=1S/C67H47N/c1-66(50-24-5-2-6-25-50)60-34-15-14-32-59(60)65-62(66)36-19-37-64(65)68(53-40-38-46(39-41-53)48-22-17-23-49(44-48)56-33-18-21-47-20-11-12-30-55(47)56)54-42-43-58-57-31-13-16-35-61(57)67(63(58)45-54,51-26-7-3-8-27-51)52-28-9-4-10-29-52/h2-45H,1H3. The number of anilines is 3. The van der Waals surface area contributed by atoms with E-state index >= 15 is 0 Å². The molecule has 0 amide bonds. The lowest BCUT2D eigenvalue weighted by Crippen LogP contribution is -2.28. The lowest BCUT2D eigenvalue weighted by Gasteiger charge is -2.35. The molecule has 2 aliphatic rings. The van der Waals surface area contributed by atoms with Crippen LogP contribution in [-0.4, -0.2) is 0 Å². The molecule has 320 valence electrons. The van der Waals surface area contributed by atoms with Gasteiger partial charge in [-0.05, 0) is 132 Å². The molecule has 0 aromatic heterocycles. The van der Waals surface area contributed by atoms with E-state index < -0.39 is 5.41 Å². The monoisotopic (exact) mass is 865 g/mol. The van der Waals surface area contributed by atoms with Crippen molar-refractivity contribution in [2.45, 2.75) is 17.8 Å². The second-order valence-corrected chi connectivity index (χ2v) is 18.5. The highest BCUT2D eigenvalue weighted by molar-refractivity contribution is 5.99. The third-order valence-corrected chi connectivity index (χ3v) is 15.0. The van der Waals surface area contributed by atoms with Gasteiger partial charge in [0, 0.05) is 22.4 Å². The van der Waals surface area contributed by atoms with Crippen molar-refractivity contribution in [3.8, 4) is 44.5 Å². The van der Waals surface area contributed by atoms with Crippen LogP contribution in [0.5, 0.6) is 0 Å². The molecule has 0 saturated carbocycles. The van der Waals surface area contributed by atoms with Gasteiger partial charge in [-0.15, -0.1) is 0 Å². The molecule has 0 aliphatic heterocycles. The van der Waals surface area contributed by atoms with Crippen molar-refractivity contribution in [2.24, 2.45) is 0 Å². The zero-order valence-corrected chi connectivity index (χ0v) is 37.9. The van der Waals surface area contributed by atoms with Gasteiger partial charge in [0.1, 0.15) is 0 Å². The topological polar surface area (TPSA) is 3.24 Å². The van der Waals surface area contributed by atoms with Crippen LogP contribution in [-0.2, 0) is 10.8 Å². The van der Waals surface area contributed by atoms with E-state index in [4.69, 9.17) is 0 Å². The maximum absolute atomic E-state index is 2.52. The summed E-state index contributed by atoms with van der Waals surface area (Å²) in [7, 11) is 0. The van der Waals surface area contributed by atoms with Gasteiger partial charge in [-0.1, -0.05) is 231 Å². The van der Waals surface area contributed by atoms with Gasteiger partial charge in [0.05, 0.1) is 11.1 Å². The number of hydrogen-bond donors (Lipinski definition) is 0.